The van der Waals surface area contributed by atoms with Crippen LogP contribution in [-0.2, 0) is 17.3 Å². The van der Waals surface area contributed by atoms with E-state index in [1.54, 1.807) is 24.9 Å². The van der Waals surface area contributed by atoms with Crippen molar-refractivity contribution in [3.63, 3.8) is 0 Å². The van der Waals surface area contributed by atoms with Gasteiger partial charge in [0.2, 0.25) is 0 Å². The molecular formula is C11H17N3O3. The van der Waals surface area contributed by atoms with Crippen LogP contribution >= 0.6 is 0 Å². The number of hydrogen-bond donors (Lipinski definition) is 2. The molecule has 1 aromatic heterocycles. The van der Waals surface area contributed by atoms with Gasteiger partial charge in [0.15, 0.2) is 5.69 Å². The summed E-state index contributed by atoms with van der Waals surface area (Å²) in [5, 5.41) is 13.4. The smallest absolute Gasteiger partial charge is 0.359 e. The lowest BCUT2D eigenvalue weighted by Gasteiger charge is -2.42. The summed E-state index contributed by atoms with van der Waals surface area (Å²) in [4.78, 5) is 11.7. The van der Waals surface area contributed by atoms with Crippen LogP contribution < -0.4 is 5.73 Å². The largest absolute Gasteiger partial charge is 0.461 e. The minimum atomic E-state index is -0.657. The average Bonchev–Trinajstić information content (AvgIpc) is 2.59. The maximum absolute atomic E-state index is 11.7. The summed E-state index contributed by atoms with van der Waals surface area (Å²) in [6.45, 7) is 2.04. The number of esters is 1. The summed E-state index contributed by atoms with van der Waals surface area (Å²) in [5.41, 5.74) is 6.39. The molecule has 0 spiro atoms. The van der Waals surface area contributed by atoms with E-state index in [-0.39, 0.29) is 5.69 Å². The van der Waals surface area contributed by atoms with Crippen molar-refractivity contribution in [3.05, 3.63) is 17.5 Å². The molecule has 2 rings (SSSR count). The third-order valence-corrected chi connectivity index (χ3v) is 3.03. The molecule has 3 N–H and O–H groups in total. The van der Waals surface area contributed by atoms with Gasteiger partial charge in [-0.3, -0.25) is 4.68 Å². The van der Waals surface area contributed by atoms with Crippen molar-refractivity contribution in [2.75, 3.05) is 6.61 Å². The van der Waals surface area contributed by atoms with Gasteiger partial charge in [0.25, 0.3) is 0 Å². The normalized spacial score (nSPS) is 27.6. The minimum Gasteiger partial charge on any atom is -0.461 e. The number of aryl methyl sites for hydroxylation is 1. The zero-order valence-corrected chi connectivity index (χ0v) is 10.0. The van der Waals surface area contributed by atoms with Gasteiger partial charge < -0.3 is 15.6 Å². The Labute approximate surface area is 99.4 Å². The summed E-state index contributed by atoms with van der Waals surface area (Å²) in [6, 6.07) is 0. The number of carbonyl (C=O) groups is 1. The van der Waals surface area contributed by atoms with Crippen molar-refractivity contribution >= 4 is 5.97 Å². The Balaban J connectivity index is 2.31. The van der Waals surface area contributed by atoms with Crippen LogP contribution in [0.5, 0.6) is 0 Å². The molecule has 1 aliphatic rings. The highest BCUT2D eigenvalue weighted by atomic mass is 16.5. The number of ether oxygens (including phenoxy) is 1. The van der Waals surface area contributed by atoms with Crippen LogP contribution in [0, 0.1) is 0 Å². The Morgan fingerprint density at radius 2 is 2.41 bits per heavy atom. The summed E-state index contributed by atoms with van der Waals surface area (Å²) in [5.74, 6) is -0.464. The first-order valence-electron chi connectivity index (χ1n) is 5.64. The van der Waals surface area contributed by atoms with E-state index >= 15 is 0 Å². The number of rotatable bonds is 3. The Morgan fingerprint density at radius 1 is 1.76 bits per heavy atom. The molecule has 17 heavy (non-hydrogen) atoms. The van der Waals surface area contributed by atoms with E-state index in [0.717, 1.165) is 0 Å². The van der Waals surface area contributed by atoms with Crippen LogP contribution in [0.4, 0.5) is 0 Å². The lowest BCUT2D eigenvalue weighted by molar-refractivity contribution is 0.0192. The highest BCUT2D eigenvalue weighted by molar-refractivity contribution is 5.89. The first-order chi connectivity index (χ1) is 7.96. The summed E-state index contributed by atoms with van der Waals surface area (Å²) >= 11 is 0. The van der Waals surface area contributed by atoms with Gasteiger partial charge in [0, 0.05) is 24.3 Å². The highest BCUT2D eigenvalue weighted by Gasteiger charge is 2.45. The number of hydrogen-bond acceptors (Lipinski definition) is 5. The van der Waals surface area contributed by atoms with E-state index in [4.69, 9.17) is 10.5 Å². The molecular weight excluding hydrogens is 222 g/mol. The van der Waals surface area contributed by atoms with Crippen LogP contribution in [0.1, 0.15) is 35.8 Å². The second-order valence-electron chi connectivity index (χ2n) is 4.50. The molecule has 6 nitrogen and oxygen atoms in total. The minimum absolute atomic E-state index is 0.253. The predicted octanol–water partition coefficient (Wildman–Crippen LogP) is -0.0945. The second kappa shape index (κ2) is 4.12. The van der Waals surface area contributed by atoms with Crippen molar-refractivity contribution in [2.45, 2.75) is 31.4 Å². The maximum Gasteiger partial charge on any atom is 0.359 e. The number of aliphatic hydroxyl groups is 1. The molecule has 0 saturated heterocycles. The van der Waals surface area contributed by atoms with E-state index in [2.05, 4.69) is 5.10 Å². The summed E-state index contributed by atoms with van der Waals surface area (Å²) in [6.07, 6.45) is 2.23. The van der Waals surface area contributed by atoms with Gasteiger partial charge in [0.1, 0.15) is 0 Å². The molecule has 6 heteroatoms. The Hall–Kier alpha value is -1.40. The van der Waals surface area contributed by atoms with Gasteiger partial charge in [-0.2, -0.15) is 5.10 Å². The Morgan fingerprint density at radius 3 is 2.94 bits per heavy atom. The fourth-order valence-electron chi connectivity index (χ4n) is 2.20. The standard InChI is InChI=1S/C11H17N3O3/c1-3-17-10(16)9-8(6-14(2)13-9)11(12)4-7(15)5-11/h6-7,15H,3-5,12H2,1-2H3. The van der Waals surface area contributed by atoms with Crippen molar-refractivity contribution in [3.8, 4) is 0 Å². The molecule has 94 valence electrons. The van der Waals surface area contributed by atoms with Crippen LogP contribution in [-0.4, -0.2) is 33.6 Å². The monoisotopic (exact) mass is 239 g/mol. The molecule has 1 aliphatic carbocycles. The zero-order chi connectivity index (χ0) is 12.6. The molecule has 0 aromatic carbocycles. The molecule has 1 fully saturated rings. The molecule has 1 saturated carbocycles. The molecule has 1 heterocycles. The lowest BCUT2D eigenvalue weighted by atomic mass is 9.70. The van der Waals surface area contributed by atoms with Gasteiger partial charge in [-0.15, -0.1) is 0 Å². The second-order valence-corrected chi connectivity index (χ2v) is 4.50. The predicted molar refractivity (Wildman–Crippen MR) is 60.3 cm³/mol. The maximum atomic E-state index is 11.7. The van der Waals surface area contributed by atoms with Gasteiger partial charge >= 0.3 is 5.97 Å². The molecule has 0 unspecified atom stereocenters. The number of aliphatic hydroxyl groups excluding tert-OH is 1. The third kappa shape index (κ3) is 2.05. The van der Waals surface area contributed by atoms with Gasteiger partial charge in [-0.1, -0.05) is 0 Å². The lowest BCUT2D eigenvalue weighted by Crippen LogP contribution is -2.52. The average molecular weight is 239 g/mol. The van der Waals surface area contributed by atoms with Gasteiger partial charge in [-0.05, 0) is 19.8 Å². The van der Waals surface area contributed by atoms with Crippen molar-refractivity contribution in [1.82, 2.24) is 9.78 Å². The first kappa shape index (κ1) is 12.1. The molecule has 0 aliphatic heterocycles. The number of carbonyl (C=O) groups excluding carboxylic acids is 1. The zero-order valence-electron chi connectivity index (χ0n) is 10.0. The Kier molecular flexibility index (Phi) is 2.92. The molecule has 0 radical (unpaired) electrons. The van der Waals surface area contributed by atoms with E-state index in [9.17, 15) is 9.90 Å². The number of nitrogens with zero attached hydrogens (tertiary/aromatic N) is 2. The van der Waals surface area contributed by atoms with Gasteiger partial charge in [-0.25, -0.2) is 4.79 Å². The molecule has 1 aromatic rings. The van der Waals surface area contributed by atoms with Crippen molar-refractivity contribution in [1.29, 1.82) is 0 Å². The van der Waals surface area contributed by atoms with Gasteiger partial charge in [0.05, 0.1) is 12.7 Å². The first-order valence-corrected chi connectivity index (χ1v) is 5.64. The van der Waals surface area contributed by atoms with Crippen LogP contribution in [0.2, 0.25) is 0 Å². The summed E-state index contributed by atoms with van der Waals surface area (Å²) in [7, 11) is 1.73. The Bertz CT molecular complexity index is 435. The van der Waals surface area contributed by atoms with Crippen molar-refractivity contribution < 1.29 is 14.6 Å². The van der Waals surface area contributed by atoms with Crippen molar-refractivity contribution in [2.24, 2.45) is 12.8 Å². The molecule has 0 bridgehead atoms. The van der Waals surface area contributed by atoms with Crippen LogP contribution in [0.15, 0.2) is 6.20 Å². The fourth-order valence-corrected chi connectivity index (χ4v) is 2.20. The molecule has 0 amide bonds. The highest BCUT2D eigenvalue weighted by Crippen LogP contribution is 2.40. The molecule has 0 atom stereocenters. The number of aromatic nitrogens is 2. The van der Waals surface area contributed by atoms with E-state index in [0.29, 0.717) is 25.0 Å². The van der Waals surface area contributed by atoms with E-state index in [1.165, 1.54) is 0 Å². The fraction of sp³-hybridized carbons (Fsp3) is 0.636. The topological polar surface area (TPSA) is 90.4 Å². The van der Waals surface area contributed by atoms with Crippen LogP contribution in [0.25, 0.3) is 0 Å². The number of nitrogens with two attached hydrogens (primary N) is 1. The third-order valence-electron chi connectivity index (χ3n) is 3.03. The van der Waals surface area contributed by atoms with Crippen LogP contribution in [0.3, 0.4) is 0 Å². The van der Waals surface area contributed by atoms with E-state index < -0.39 is 17.6 Å². The quantitative estimate of drug-likeness (QED) is 0.719. The SMILES string of the molecule is CCOC(=O)c1nn(C)cc1C1(N)CC(O)C1. The summed E-state index contributed by atoms with van der Waals surface area (Å²) < 4.78 is 6.48. The van der Waals surface area contributed by atoms with E-state index in [1.807, 2.05) is 0 Å².